The molecule has 0 unspecified atom stereocenters. The van der Waals surface area contributed by atoms with Crippen molar-refractivity contribution in [3.05, 3.63) is 76.4 Å². The molecule has 0 aromatic heterocycles. The van der Waals surface area contributed by atoms with Crippen molar-refractivity contribution in [2.75, 3.05) is 37.6 Å². The van der Waals surface area contributed by atoms with E-state index >= 15 is 0 Å². The van der Waals surface area contributed by atoms with Crippen molar-refractivity contribution >= 4 is 17.5 Å². The van der Waals surface area contributed by atoms with E-state index in [0.29, 0.717) is 0 Å². The topological polar surface area (TPSA) is 50.8 Å². The minimum absolute atomic E-state index is 0.147. The summed E-state index contributed by atoms with van der Waals surface area (Å²) in [6.07, 6.45) is 4.42. The van der Waals surface area contributed by atoms with E-state index in [1.165, 1.54) is 5.56 Å². The number of benzene rings is 2. The molecule has 1 N–H and O–H groups in total. The van der Waals surface area contributed by atoms with Crippen LogP contribution < -0.4 is 9.80 Å². The highest BCUT2D eigenvalue weighted by molar-refractivity contribution is 5.51. The van der Waals surface area contributed by atoms with Gasteiger partial charge in [-0.25, -0.2) is 0 Å². The number of quaternary nitrogens is 1. The van der Waals surface area contributed by atoms with Gasteiger partial charge in [0.05, 0.1) is 37.6 Å². The van der Waals surface area contributed by atoms with E-state index in [2.05, 4.69) is 41.3 Å². The summed E-state index contributed by atoms with van der Waals surface area (Å²) in [6.45, 7) is 5.15. The molecule has 1 fully saturated rings. The number of piperazine rings is 1. The number of hydrogen-bond acceptors (Lipinski definition) is 3. The summed E-state index contributed by atoms with van der Waals surface area (Å²) in [5.41, 5.74) is 2.45. The van der Waals surface area contributed by atoms with Crippen LogP contribution in [-0.2, 0) is 0 Å². The summed E-state index contributed by atoms with van der Waals surface area (Å²) in [5, 5.41) is 10.7. The molecule has 0 radical (unpaired) electrons. The van der Waals surface area contributed by atoms with Gasteiger partial charge < -0.3 is 9.80 Å². The second kappa shape index (κ2) is 7.75. The van der Waals surface area contributed by atoms with Crippen LogP contribution in [0.2, 0.25) is 0 Å². The first kappa shape index (κ1) is 16.2. The van der Waals surface area contributed by atoms with E-state index in [1.54, 1.807) is 17.0 Å². The molecule has 1 aliphatic heterocycles. The van der Waals surface area contributed by atoms with Crippen LogP contribution in [0.25, 0.3) is 6.08 Å². The van der Waals surface area contributed by atoms with Crippen LogP contribution >= 0.6 is 0 Å². The number of nitro groups is 1. The van der Waals surface area contributed by atoms with Crippen LogP contribution in [0.1, 0.15) is 5.56 Å². The minimum Gasteiger partial charge on any atom is -0.360 e. The third-order valence-corrected chi connectivity index (χ3v) is 4.41. The van der Waals surface area contributed by atoms with E-state index in [1.807, 2.05) is 18.2 Å². The molecule has 5 heteroatoms. The highest BCUT2D eigenvalue weighted by atomic mass is 16.6. The lowest BCUT2D eigenvalue weighted by molar-refractivity contribution is -0.894. The normalized spacial score (nSPS) is 15.8. The number of hydrogen-bond donors (Lipinski definition) is 1. The van der Waals surface area contributed by atoms with Gasteiger partial charge in [-0.15, -0.1) is 0 Å². The third-order valence-electron chi connectivity index (χ3n) is 4.41. The van der Waals surface area contributed by atoms with Gasteiger partial charge >= 0.3 is 0 Å². The Bertz CT molecular complexity index is 690. The average Bonchev–Trinajstić information content (AvgIpc) is 2.63. The monoisotopic (exact) mass is 324 g/mol. The van der Waals surface area contributed by atoms with Crippen molar-refractivity contribution < 1.29 is 9.82 Å². The molecule has 0 amide bonds. The lowest BCUT2D eigenvalue weighted by atomic mass is 10.2. The van der Waals surface area contributed by atoms with E-state index < -0.39 is 0 Å². The Balaban J connectivity index is 1.48. The summed E-state index contributed by atoms with van der Waals surface area (Å²) in [7, 11) is 0. The zero-order valence-corrected chi connectivity index (χ0v) is 13.6. The first-order valence-electron chi connectivity index (χ1n) is 8.27. The van der Waals surface area contributed by atoms with Crippen LogP contribution in [0.5, 0.6) is 0 Å². The number of nitro benzene ring substituents is 1. The van der Waals surface area contributed by atoms with Gasteiger partial charge in [-0.2, -0.15) is 0 Å². The molecule has 3 rings (SSSR count). The second-order valence-electron chi connectivity index (χ2n) is 6.03. The van der Waals surface area contributed by atoms with Crippen molar-refractivity contribution in [2.45, 2.75) is 0 Å². The predicted octanol–water partition coefficient (Wildman–Crippen LogP) is 2.01. The van der Waals surface area contributed by atoms with E-state index in [0.717, 1.165) is 38.4 Å². The fourth-order valence-electron chi connectivity index (χ4n) is 3.00. The summed E-state index contributed by atoms with van der Waals surface area (Å²) < 4.78 is 0. The van der Waals surface area contributed by atoms with Crippen molar-refractivity contribution in [2.24, 2.45) is 0 Å². The van der Waals surface area contributed by atoms with Crippen molar-refractivity contribution in [3.63, 3.8) is 0 Å². The highest BCUT2D eigenvalue weighted by Crippen LogP contribution is 2.19. The van der Waals surface area contributed by atoms with Crippen molar-refractivity contribution in [3.8, 4) is 0 Å². The summed E-state index contributed by atoms with van der Waals surface area (Å²) >= 11 is 0. The molecule has 24 heavy (non-hydrogen) atoms. The molecule has 1 aliphatic rings. The number of rotatable bonds is 5. The highest BCUT2D eigenvalue weighted by Gasteiger charge is 2.19. The molecule has 5 nitrogen and oxygen atoms in total. The first-order valence-corrected chi connectivity index (χ1v) is 8.27. The molecule has 0 aliphatic carbocycles. The molecule has 1 heterocycles. The molecule has 0 spiro atoms. The molecule has 124 valence electrons. The number of nitrogens with zero attached hydrogens (tertiary/aromatic N) is 2. The Morgan fingerprint density at radius 3 is 2.33 bits per heavy atom. The Morgan fingerprint density at radius 1 is 1.04 bits per heavy atom. The Hall–Kier alpha value is -2.66. The fraction of sp³-hybridized carbons (Fsp3) is 0.263. The average molecular weight is 324 g/mol. The van der Waals surface area contributed by atoms with E-state index in [4.69, 9.17) is 0 Å². The van der Waals surface area contributed by atoms with Gasteiger partial charge in [0.2, 0.25) is 0 Å². The predicted molar refractivity (Wildman–Crippen MR) is 96.3 cm³/mol. The van der Waals surface area contributed by atoms with Gasteiger partial charge in [0.15, 0.2) is 0 Å². The van der Waals surface area contributed by atoms with Crippen LogP contribution in [0, 0.1) is 10.1 Å². The molecule has 0 bridgehead atoms. The number of nitrogens with one attached hydrogen (secondary N) is 1. The lowest BCUT2D eigenvalue weighted by Crippen LogP contribution is -3.14. The first-order chi connectivity index (χ1) is 11.7. The lowest BCUT2D eigenvalue weighted by Gasteiger charge is -2.33. The van der Waals surface area contributed by atoms with Gasteiger partial charge in [0.1, 0.15) is 0 Å². The van der Waals surface area contributed by atoms with Crippen molar-refractivity contribution in [1.29, 1.82) is 0 Å². The Labute approximate surface area is 142 Å². The van der Waals surface area contributed by atoms with Gasteiger partial charge in [-0.1, -0.05) is 36.4 Å². The zero-order chi connectivity index (χ0) is 16.8. The van der Waals surface area contributed by atoms with Gasteiger partial charge in [0.25, 0.3) is 5.69 Å². The largest absolute Gasteiger partial charge is 0.360 e. The summed E-state index contributed by atoms with van der Waals surface area (Å²) in [6, 6.07) is 17.2. The van der Waals surface area contributed by atoms with E-state index in [9.17, 15) is 10.1 Å². The van der Waals surface area contributed by atoms with Crippen LogP contribution in [0.3, 0.4) is 0 Å². The second-order valence-corrected chi connectivity index (χ2v) is 6.03. The van der Waals surface area contributed by atoms with Gasteiger partial charge in [-0.05, 0) is 23.8 Å². The molecule has 0 saturated carbocycles. The van der Waals surface area contributed by atoms with E-state index in [-0.39, 0.29) is 10.6 Å². The zero-order valence-electron chi connectivity index (χ0n) is 13.6. The third kappa shape index (κ3) is 4.20. The quantitative estimate of drug-likeness (QED) is 0.676. The number of anilines is 1. The standard InChI is InChI=1S/C19H21N3O2/c23-22(24)19-10-8-18(9-11-19)21-15-13-20(14-16-21)12-4-7-17-5-2-1-3-6-17/h1-11H,12-16H2/p+1/b7-4+. The smallest absolute Gasteiger partial charge is 0.269 e. The minimum atomic E-state index is -0.356. The maximum Gasteiger partial charge on any atom is 0.269 e. The van der Waals surface area contributed by atoms with Crippen LogP contribution in [-0.4, -0.2) is 37.6 Å². The summed E-state index contributed by atoms with van der Waals surface area (Å²) in [5.74, 6) is 0. The maximum absolute atomic E-state index is 10.7. The van der Waals surface area contributed by atoms with Crippen LogP contribution in [0.4, 0.5) is 11.4 Å². The van der Waals surface area contributed by atoms with Crippen molar-refractivity contribution in [1.82, 2.24) is 0 Å². The molecular formula is C19H22N3O2+. The Kier molecular flexibility index (Phi) is 5.23. The molecule has 2 aromatic rings. The molecule has 0 atom stereocenters. The molecule has 1 saturated heterocycles. The SMILES string of the molecule is O=[N+]([O-])c1ccc(N2CC[NH+](C/C=C/c3ccccc3)CC2)cc1. The number of non-ortho nitro benzene ring substituents is 1. The van der Waals surface area contributed by atoms with Gasteiger partial charge in [-0.3, -0.25) is 10.1 Å². The molecule has 2 aromatic carbocycles. The molecular weight excluding hydrogens is 302 g/mol. The maximum atomic E-state index is 10.7. The fourth-order valence-corrected chi connectivity index (χ4v) is 3.00. The Morgan fingerprint density at radius 2 is 1.71 bits per heavy atom. The van der Waals surface area contributed by atoms with Gasteiger partial charge in [0, 0.05) is 17.8 Å². The summed E-state index contributed by atoms with van der Waals surface area (Å²) in [4.78, 5) is 14.2. The van der Waals surface area contributed by atoms with Crippen LogP contribution in [0.15, 0.2) is 60.7 Å².